The van der Waals surface area contributed by atoms with Gasteiger partial charge in [-0.1, -0.05) is 0 Å². The van der Waals surface area contributed by atoms with E-state index in [1.54, 1.807) is 13.0 Å². The van der Waals surface area contributed by atoms with Crippen molar-refractivity contribution >= 4 is 11.9 Å². The van der Waals surface area contributed by atoms with Crippen LogP contribution in [-0.4, -0.2) is 31.7 Å². The summed E-state index contributed by atoms with van der Waals surface area (Å²) in [5.74, 6) is 0.0779. The monoisotopic (exact) mass is 291 g/mol. The number of nitrogens with one attached hydrogen (secondary N) is 2. The van der Waals surface area contributed by atoms with Crippen LogP contribution in [0.15, 0.2) is 18.2 Å². The van der Waals surface area contributed by atoms with Gasteiger partial charge in [0, 0.05) is 12.6 Å². The van der Waals surface area contributed by atoms with Crippen LogP contribution < -0.4 is 20.1 Å². The minimum atomic E-state index is -0.894. The second kappa shape index (κ2) is 7.75. The molecule has 0 spiro atoms. The molecule has 2 N–H and O–H groups in total. The van der Waals surface area contributed by atoms with E-state index in [9.17, 15) is 9.59 Å². The van der Waals surface area contributed by atoms with Crippen molar-refractivity contribution < 1.29 is 19.1 Å². The molecule has 0 radical (unpaired) electrons. The Bertz CT molecular complexity index is 566. The Labute approximate surface area is 122 Å². The molecule has 3 amide bonds. The van der Waals surface area contributed by atoms with E-state index in [2.05, 4.69) is 10.6 Å². The van der Waals surface area contributed by atoms with Crippen molar-refractivity contribution in [3.05, 3.63) is 23.8 Å². The smallest absolute Gasteiger partial charge is 0.321 e. The highest BCUT2D eigenvalue weighted by molar-refractivity contribution is 5.96. The number of urea groups is 1. The average Bonchev–Trinajstić information content (AvgIpc) is 2.47. The first-order valence-electron chi connectivity index (χ1n) is 6.35. The van der Waals surface area contributed by atoms with Crippen LogP contribution in [0, 0.1) is 11.3 Å². The maximum Gasteiger partial charge on any atom is 0.321 e. The lowest BCUT2D eigenvalue weighted by Gasteiger charge is -2.16. The van der Waals surface area contributed by atoms with E-state index in [1.807, 2.05) is 6.07 Å². The van der Waals surface area contributed by atoms with Crippen LogP contribution >= 0.6 is 0 Å². The van der Waals surface area contributed by atoms with E-state index in [-0.39, 0.29) is 0 Å². The number of carbonyl (C=O) groups is 2. The van der Waals surface area contributed by atoms with Crippen LogP contribution in [-0.2, 0) is 4.79 Å². The van der Waals surface area contributed by atoms with Gasteiger partial charge in [-0.15, -0.1) is 0 Å². The number of nitriles is 1. The molecular weight excluding hydrogens is 274 g/mol. The quantitative estimate of drug-likeness (QED) is 0.848. The Kier molecular flexibility index (Phi) is 6.01. The fraction of sp³-hybridized carbons (Fsp3) is 0.357. The maximum absolute atomic E-state index is 11.8. The summed E-state index contributed by atoms with van der Waals surface area (Å²) in [6.07, 6.45) is -0.894. The molecule has 21 heavy (non-hydrogen) atoms. The Hall–Kier alpha value is -2.75. The first-order valence-corrected chi connectivity index (χ1v) is 6.35. The van der Waals surface area contributed by atoms with E-state index < -0.39 is 18.0 Å². The highest BCUT2D eigenvalue weighted by Gasteiger charge is 2.19. The molecule has 112 valence electrons. The summed E-state index contributed by atoms with van der Waals surface area (Å²) >= 11 is 0. The van der Waals surface area contributed by atoms with Crippen molar-refractivity contribution in [2.24, 2.45) is 0 Å². The minimum Gasteiger partial charge on any atom is -0.493 e. The molecule has 0 aromatic heterocycles. The molecule has 0 bridgehead atoms. The van der Waals surface area contributed by atoms with Gasteiger partial charge in [0.2, 0.25) is 0 Å². The maximum atomic E-state index is 11.8. The molecule has 7 nitrogen and oxygen atoms in total. The Morgan fingerprint density at radius 3 is 2.67 bits per heavy atom. The summed E-state index contributed by atoms with van der Waals surface area (Å²) in [4.78, 5) is 23.0. The lowest BCUT2D eigenvalue weighted by atomic mass is 10.2. The van der Waals surface area contributed by atoms with Gasteiger partial charge >= 0.3 is 6.03 Å². The Morgan fingerprint density at radius 1 is 1.38 bits per heavy atom. The fourth-order valence-electron chi connectivity index (χ4n) is 1.50. The number of hydrogen-bond acceptors (Lipinski definition) is 5. The predicted molar refractivity (Wildman–Crippen MR) is 75.0 cm³/mol. The van der Waals surface area contributed by atoms with Gasteiger partial charge in [-0.05, 0) is 26.0 Å². The molecular formula is C14H17N3O4. The van der Waals surface area contributed by atoms with E-state index in [4.69, 9.17) is 14.7 Å². The molecule has 1 atom stereocenters. The van der Waals surface area contributed by atoms with Crippen LogP contribution in [0.4, 0.5) is 4.79 Å². The predicted octanol–water partition coefficient (Wildman–Crippen LogP) is 1.18. The number of benzene rings is 1. The first kappa shape index (κ1) is 16.3. The molecule has 7 heteroatoms. The lowest BCUT2D eigenvalue weighted by Crippen LogP contribution is -2.45. The van der Waals surface area contributed by atoms with Crippen LogP contribution in [0.2, 0.25) is 0 Å². The Balaban J connectivity index is 2.74. The fourth-order valence-corrected chi connectivity index (χ4v) is 1.50. The van der Waals surface area contributed by atoms with Gasteiger partial charge < -0.3 is 14.8 Å². The zero-order valence-corrected chi connectivity index (χ0v) is 12.1. The van der Waals surface area contributed by atoms with E-state index in [0.29, 0.717) is 23.6 Å². The van der Waals surface area contributed by atoms with Gasteiger partial charge in [0.1, 0.15) is 0 Å². The van der Waals surface area contributed by atoms with Crippen molar-refractivity contribution in [2.45, 2.75) is 20.0 Å². The largest absolute Gasteiger partial charge is 0.493 e. The summed E-state index contributed by atoms with van der Waals surface area (Å²) < 4.78 is 10.6. The van der Waals surface area contributed by atoms with Gasteiger partial charge in [-0.25, -0.2) is 4.79 Å². The number of hydrogen-bond donors (Lipinski definition) is 2. The third kappa shape index (κ3) is 4.69. The minimum absolute atomic E-state index is 0.315. The molecule has 0 saturated heterocycles. The molecule has 1 rings (SSSR count). The number of ether oxygens (including phenoxy) is 2. The van der Waals surface area contributed by atoms with Crippen molar-refractivity contribution in [3.63, 3.8) is 0 Å². The van der Waals surface area contributed by atoms with Gasteiger partial charge in [0.05, 0.1) is 18.7 Å². The number of imide groups is 1. The Morgan fingerprint density at radius 2 is 2.10 bits per heavy atom. The van der Waals surface area contributed by atoms with Crippen molar-refractivity contribution in [2.75, 3.05) is 13.7 Å². The lowest BCUT2D eigenvalue weighted by molar-refractivity contribution is -0.126. The highest BCUT2D eigenvalue weighted by Crippen LogP contribution is 2.28. The molecule has 0 unspecified atom stereocenters. The van der Waals surface area contributed by atoms with E-state index >= 15 is 0 Å². The van der Waals surface area contributed by atoms with Gasteiger partial charge in [0.15, 0.2) is 17.6 Å². The van der Waals surface area contributed by atoms with E-state index in [1.165, 1.54) is 26.2 Å². The summed E-state index contributed by atoms with van der Waals surface area (Å²) in [7, 11) is 1.43. The number of carbonyl (C=O) groups excluding carboxylic acids is 2. The SMILES string of the molecule is CCNC(=O)NC(=O)[C@H](C)Oc1ccc(C#N)cc1OC. The summed E-state index contributed by atoms with van der Waals surface area (Å²) in [6, 6.07) is 5.99. The van der Waals surface area contributed by atoms with Crippen LogP contribution in [0.5, 0.6) is 11.5 Å². The zero-order chi connectivity index (χ0) is 15.8. The molecule has 0 aliphatic carbocycles. The summed E-state index contributed by atoms with van der Waals surface area (Å²) in [6.45, 7) is 3.66. The third-order valence-electron chi connectivity index (χ3n) is 2.54. The zero-order valence-electron chi connectivity index (χ0n) is 12.1. The molecule has 0 saturated carbocycles. The van der Waals surface area contributed by atoms with Crippen molar-refractivity contribution in [1.29, 1.82) is 5.26 Å². The molecule has 0 heterocycles. The second-order valence-corrected chi connectivity index (χ2v) is 4.09. The molecule has 0 aliphatic rings. The summed E-state index contributed by atoms with van der Waals surface area (Å²) in [5.41, 5.74) is 0.415. The standard InChI is InChI=1S/C14H17N3O4/c1-4-16-14(19)17-13(18)9(2)21-11-6-5-10(8-15)7-12(11)20-3/h5-7,9H,4H2,1-3H3,(H2,16,17,18,19)/t9-/m0/s1. The molecule has 1 aromatic carbocycles. The van der Waals surface area contributed by atoms with Crippen LogP contribution in [0.1, 0.15) is 19.4 Å². The van der Waals surface area contributed by atoms with Gasteiger partial charge in [0.25, 0.3) is 5.91 Å². The van der Waals surface area contributed by atoms with Gasteiger partial charge in [-0.3, -0.25) is 10.1 Å². The first-order chi connectivity index (χ1) is 10.0. The number of rotatable bonds is 5. The van der Waals surface area contributed by atoms with Gasteiger partial charge in [-0.2, -0.15) is 5.26 Å². The molecule has 1 aromatic rings. The van der Waals surface area contributed by atoms with E-state index in [0.717, 1.165) is 0 Å². The highest BCUT2D eigenvalue weighted by atomic mass is 16.5. The second-order valence-electron chi connectivity index (χ2n) is 4.09. The molecule has 0 fully saturated rings. The normalized spacial score (nSPS) is 11.0. The van der Waals surface area contributed by atoms with Crippen LogP contribution in [0.3, 0.4) is 0 Å². The van der Waals surface area contributed by atoms with Crippen molar-refractivity contribution in [3.8, 4) is 17.6 Å². The van der Waals surface area contributed by atoms with Crippen LogP contribution in [0.25, 0.3) is 0 Å². The summed E-state index contributed by atoms with van der Waals surface area (Å²) in [5, 5.41) is 13.4. The van der Waals surface area contributed by atoms with Crippen molar-refractivity contribution in [1.82, 2.24) is 10.6 Å². The number of methoxy groups -OCH3 is 1. The topological polar surface area (TPSA) is 100 Å². The molecule has 0 aliphatic heterocycles. The average molecular weight is 291 g/mol. The third-order valence-corrected chi connectivity index (χ3v) is 2.54. The number of amides is 3. The number of nitrogens with zero attached hydrogens (tertiary/aromatic N) is 1.